The van der Waals surface area contributed by atoms with Crippen LogP contribution in [0.25, 0.3) is 0 Å². The Bertz CT molecular complexity index is 939. The second kappa shape index (κ2) is 9.14. The molecule has 1 aliphatic heterocycles. The predicted octanol–water partition coefficient (Wildman–Crippen LogP) is 2.50. The Balaban J connectivity index is 1.59. The van der Waals surface area contributed by atoms with Crippen molar-refractivity contribution in [3.63, 3.8) is 0 Å². The molecule has 1 aliphatic rings. The van der Waals surface area contributed by atoms with Crippen molar-refractivity contribution in [3.8, 4) is 11.5 Å². The molecule has 0 saturated heterocycles. The van der Waals surface area contributed by atoms with Gasteiger partial charge < -0.3 is 14.8 Å². The van der Waals surface area contributed by atoms with E-state index >= 15 is 0 Å². The average Bonchev–Trinajstić information content (AvgIpc) is 2.73. The van der Waals surface area contributed by atoms with Gasteiger partial charge in [0, 0.05) is 13.0 Å². The fraction of sp³-hybridized carbons (Fsp3) is 0.273. The molecule has 0 fully saturated rings. The molecule has 7 heteroatoms. The van der Waals surface area contributed by atoms with Gasteiger partial charge in [-0.05, 0) is 54.8 Å². The summed E-state index contributed by atoms with van der Waals surface area (Å²) in [5, 5.41) is 4.30. The molecular weight excluding hydrogens is 370 g/mol. The number of nitrogens with one attached hydrogen (secondary N) is 2. The maximum absolute atomic E-state index is 12.5. The summed E-state index contributed by atoms with van der Waals surface area (Å²) in [5.74, 6) is 0.950. The fourth-order valence-corrected chi connectivity index (χ4v) is 3.08. The minimum absolute atomic E-state index is 0.113. The smallest absolute Gasteiger partial charge is 0.268 e. The Labute approximate surface area is 170 Å². The molecule has 2 N–H and O–H groups in total. The second-order valence-electron chi connectivity index (χ2n) is 6.70. The number of aryl methyl sites for hydroxylation is 1. The van der Waals surface area contributed by atoms with Gasteiger partial charge in [-0.25, -0.2) is 5.01 Å². The van der Waals surface area contributed by atoms with E-state index in [1.165, 1.54) is 5.01 Å². The molecule has 2 amide bonds. The number of benzene rings is 2. The van der Waals surface area contributed by atoms with E-state index in [1.54, 1.807) is 20.3 Å². The topological polar surface area (TPSA) is 79.9 Å². The summed E-state index contributed by atoms with van der Waals surface area (Å²) in [5.41, 5.74) is 6.05. The highest BCUT2D eigenvalue weighted by molar-refractivity contribution is 6.01. The monoisotopic (exact) mass is 395 g/mol. The molecule has 0 spiro atoms. The maximum atomic E-state index is 12.5. The van der Waals surface area contributed by atoms with Gasteiger partial charge in [0.2, 0.25) is 5.91 Å². The van der Waals surface area contributed by atoms with E-state index in [0.717, 1.165) is 11.1 Å². The average molecular weight is 395 g/mol. The van der Waals surface area contributed by atoms with Crippen LogP contribution in [-0.2, 0) is 16.0 Å². The number of hydrogen-bond acceptors (Lipinski definition) is 5. The van der Waals surface area contributed by atoms with Gasteiger partial charge in [0.1, 0.15) is 5.70 Å². The Morgan fingerprint density at radius 1 is 1.14 bits per heavy atom. The van der Waals surface area contributed by atoms with E-state index in [9.17, 15) is 9.59 Å². The number of amides is 2. The SMILES string of the molecule is COc1ccc(CCNC(=O)C2=CCC(=O)N(c3cccc(C)c3)N2)cc1OC. The summed E-state index contributed by atoms with van der Waals surface area (Å²) in [6, 6.07) is 13.2. The van der Waals surface area contributed by atoms with Crippen molar-refractivity contribution in [1.82, 2.24) is 10.7 Å². The zero-order chi connectivity index (χ0) is 20.8. The van der Waals surface area contributed by atoms with Crippen LogP contribution in [0.15, 0.2) is 54.2 Å². The fourth-order valence-electron chi connectivity index (χ4n) is 3.08. The normalized spacial score (nSPS) is 13.4. The van der Waals surface area contributed by atoms with E-state index in [2.05, 4.69) is 10.7 Å². The van der Waals surface area contributed by atoms with Gasteiger partial charge in [-0.3, -0.25) is 15.0 Å². The molecule has 29 heavy (non-hydrogen) atoms. The molecule has 0 saturated carbocycles. The lowest BCUT2D eigenvalue weighted by Gasteiger charge is -2.28. The summed E-state index contributed by atoms with van der Waals surface area (Å²) in [7, 11) is 3.18. The van der Waals surface area contributed by atoms with Crippen LogP contribution in [0.1, 0.15) is 17.5 Å². The van der Waals surface area contributed by atoms with E-state index in [0.29, 0.717) is 35.8 Å². The summed E-state index contributed by atoms with van der Waals surface area (Å²) in [6.07, 6.45) is 2.42. The number of methoxy groups -OCH3 is 2. The summed E-state index contributed by atoms with van der Waals surface area (Å²) >= 11 is 0. The highest BCUT2D eigenvalue weighted by Gasteiger charge is 2.24. The number of ether oxygens (including phenoxy) is 2. The molecule has 0 aliphatic carbocycles. The molecule has 1 heterocycles. The van der Waals surface area contributed by atoms with Crippen molar-refractivity contribution >= 4 is 17.5 Å². The maximum Gasteiger partial charge on any atom is 0.268 e. The van der Waals surface area contributed by atoms with E-state index in [-0.39, 0.29) is 18.2 Å². The molecule has 7 nitrogen and oxygen atoms in total. The van der Waals surface area contributed by atoms with Crippen LogP contribution in [0.5, 0.6) is 11.5 Å². The van der Waals surface area contributed by atoms with Crippen molar-refractivity contribution in [2.75, 3.05) is 25.8 Å². The summed E-state index contributed by atoms with van der Waals surface area (Å²) in [6.45, 7) is 2.40. The molecule has 0 atom stereocenters. The Morgan fingerprint density at radius 2 is 1.93 bits per heavy atom. The third kappa shape index (κ3) is 4.87. The molecule has 0 radical (unpaired) electrons. The van der Waals surface area contributed by atoms with Gasteiger partial charge in [-0.1, -0.05) is 18.2 Å². The van der Waals surface area contributed by atoms with Crippen LogP contribution >= 0.6 is 0 Å². The molecule has 0 aromatic heterocycles. The van der Waals surface area contributed by atoms with E-state index in [4.69, 9.17) is 9.47 Å². The van der Waals surface area contributed by atoms with Crippen LogP contribution in [-0.4, -0.2) is 32.6 Å². The number of rotatable bonds is 7. The standard InChI is InChI=1S/C22H25N3O4/c1-15-5-4-6-17(13-15)25-21(26)10-8-18(24-25)22(27)23-12-11-16-7-9-19(28-2)20(14-16)29-3/h4-9,13-14,24H,10-12H2,1-3H3,(H,23,27). The zero-order valence-electron chi connectivity index (χ0n) is 16.8. The van der Waals surface area contributed by atoms with Crippen molar-refractivity contribution < 1.29 is 19.1 Å². The lowest BCUT2D eigenvalue weighted by molar-refractivity contribution is -0.120. The zero-order valence-corrected chi connectivity index (χ0v) is 16.8. The van der Waals surface area contributed by atoms with Crippen LogP contribution in [0.3, 0.4) is 0 Å². The second-order valence-corrected chi connectivity index (χ2v) is 6.70. The first-order valence-corrected chi connectivity index (χ1v) is 9.37. The van der Waals surface area contributed by atoms with Crippen LogP contribution in [0.4, 0.5) is 5.69 Å². The minimum atomic E-state index is -0.254. The van der Waals surface area contributed by atoms with Gasteiger partial charge in [-0.15, -0.1) is 0 Å². The van der Waals surface area contributed by atoms with Crippen LogP contribution in [0.2, 0.25) is 0 Å². The molecule has 0 unspecified atom stereocenters. The van der Waals surface area contributed by atoms with Gasteiger partial charge in [0.05, 0.1) is 19.9 Å². The lowest BCUT2D eigenvalue weighted by Crippen LogP contribution is -2.49. The van der Waals surface area contributed by atoms with Crippen molar-refractivity contribution in [2.24, 2.45) is 0 Å². The highest BCUT2D eigenvalue weighted by Crippen LogP contribution is 2.27. The summed E-state index contributed by atoms with van der Waals surface area (Å²) < 4.78 is 10.5. The van der Waals surface area contributed by atoms with Crippen molar-refractivity contribution in [1.29, 1.82) is 0 Å². The third-order valence-corrected chi connectivity index (χ3v) is 4.61. The molecule has 3 rings (SSSR count). The minimum Gasteiger partial charge on any atom is -0.493 e. The molecular formula is C22H25N3O4. The Kier molecular flexibility index (Phi) is 6.39. The molecule has 0 bridgehead atoms. The first-order chi connectivity index (χ1) is 14.0. The van der Waals surface area contributed by atoms with E-state index < -0.39 is 0 Å². The predicted molar refractivity (Wildman–Crippen MR) is 111 cm³/mol. The van der Waals surface area contributed by atoms with Crippen LogP contribution < -0.4 is 25.2 Å². The Hall–Kier alpha value is -3.48. The summed E-state index contributed by atoms with van der Waals surface area (Å²) in [4.78, 5) is 24.8. The quantitative estimate of drug-likeness (QED) is 0.753. The molecule has 2 aromatic carbocycles. The largest absolute Gasteiger partial charge is 0.493 e. The number of carbonyl (C=O) groups is 2. The highest BCUT2D eigenvalue weighted by atomic mass is 16.5. The lowest BCUT2D eigenvalue weighted by atomic mass is 10.1. The first-order valence-electron chi connectivity index (χ1n) is 9.37. The van der Waals surface area contributed by atoms with Crippen molar-refractivity contribution in [3.05, 3.63) is 65.4 Å². The molecule has 2 aromatic rings. The number of hydrogen-bond donors (Lipinski definition) is 2. The van der Waals surface area contributed by atoms with Gasteiger partial charge >= 0.3 is 0 Å². The van der Waals surface area contributed by atoms with Crippen molar-refractivity contribution in [2.45, 2.75) is 19.8 Å². The first kappa shape index (κ1) is 20.3. The van der Waals surface area contributed by atoms with Gasteiger partial charge in [-0.2, -0.15) is 0 Å². The Morgan fingerprint density at radius 3 is 2.66 bits per heavy atom. The number of anilines is 1. The van der Waals surface area contributed by atoms with Gasteiger partial charge in [0.25, 0.3) is 5.91 Å². The number of nitrogens with zero attached hydrogens (tertiary/aromatic N) is 1. The molecule has 152 valence electrons. The van der Waals surface area contributed by atoms with Crippen LogP contribution in [0, 0.1) is 6.92 Å². The third-order valence-electron chi connectivity index (χ3n) is 4.61. The number of hydrazine groups is 1. The number of carbonyl (C=O) groups excluding carboxylic acids is 2. The van der Waals surface area contributed by atoms with Gasteiger partial charge in [0.15, 0.2) is 11.5 Å². The van der Waals surface area contributed by atoms with E-state index in [1.807, 2.05) is 49.4 Å².